The highest BCUT2D eigenvalue weighted by atomic mass is 16.5. The number of carbonyl (C=O) groups is 1. The summed E-state index contributed by atoms with van der Waals surface area (Å²) in [6, 6.07) is 13.5. The van der Waals surface area contributed by atoms with Crippen LogP contribution in [0.4, 0.5) is 0 Å². The Hall–Kier alpha value is -2.49. The second-order valence-electron chi connectivity index (χ2n) is 5.30. The molecule has 1 N–H and O–H groups in total. The first-order chi connectivity index (χ1) is 11.2. The van der Waals surface area contributed by atoms with Crippen molar-refractivity contribution in [2.75, 3.05) is 14.2 Å². The molecule has 0 bridgehead atoms. The SMILES string of the molecule is CCc1cc(CNC(=O)Cc2cccc(OC)c2)ccc1OC. The summed E-state index contributed by atoms with van der Waals surface area (Å²) in [7, 11) is 3.29. The van der Waals surface area contributed by atoms with E-state index in [0.717, 1.165) is 34.6 Å². The summed E-state index contributed by atoms with van der Waals surface area (Å²) in [6.07, 6.45) is 1.24. The third-order valence-corrected chi connectivity index (χ3v) is 3.71. The second-order valence-corrected chi connectivity index (χ2v) is 5.30. The highest BCUT2D eigenvalue weighted by molar-refractivity contribution is 5.78. The summed E-state index contributed by atoms with van der Waals surface area (Å²) in [4.78, 5) is 12.1. The van der Waals surface area contributed by atoms with Crippen molar-refractivity contribution in [2.45, 2.75) is 26.3 Å². The number of hydrogen-bond donors (Lipinski definition) is 1. The van der Waals surface area contributed by atoms with Gasteiger partial charge in [0.15, 0.2) is 0 Å². The zero-order chi connectivity index (χ0) is 16.7. The topological polar surface area (TPSA) is 47.6 Å². The molecule has 0 saturated carbocycles. The quantitative estimate of drug-likeness (QED) is 0.854. The fraction of sp³-hybridized carbons (Fsp3) is 0.316. The van der Waals surface area contributed by atoms with Crippen LogP contribution in [0.1, 0.15) is 23.6 Å². The molecule has 0 aliphatic rings. The summed E-state index contributed by atoms with van der Waals surface area (Å²) in [5.41, 5.74) is 3.15. The largest absolute Gasteiger partial charge is 0.497 e. The number of amides is 1. The number of carbonyl (C=O) groups excluding carboxylic acids is 1. The molecule has 0 heterocycles. The van der Waals surface area contributed by atoms with Crippen LogP contribution >= 0.6 is 0 Å². The van der Waals surface area contributed by atoms with Gasteiger partial charge in [-0.15, -0.1) is 0 Å². The molecule has 2 aromatic rings. The van der Waals surface area contributed by atoms with Crippen molar-refractivity contribution in [1.82, 2.24) is 5.32 Å². The summed E-state index contributed by atoms with van der Waals surface area (Å²) in [5, 5.41) is 2.95. The Morgan fingerprint density at radius 3 is 2.57 bits per heavy atom. The summed E-state index contributed by atoms with van der Waals surface area (Å²) < 4.78 is 10.5. The average molecular weight is 313 g/mol. The number of ether oxygens (including phenoxy) is 2. The molecular weight excluding hydrogens is 290 g/mol. The first-order valence-corrected chi connectivity index (χ1v) is 7.71. The van der Waals surface area contributed by atoms with Gasteiger partial charge in [-0.2, -0.15) is 0 Å². The molecule has 1 amide bonds. The lowest BCUT2D eigenvalue weighted by Crippen LogP contribution is -2.24. The summed E-state index contributed by atoms with van der Waals surface area (Å²) >= 11 is 0. The average Bonchev–Trinajstić information content (AvgIpc) is 2.59. The Morgan fingerprint density at radius 2 is 1.87 bits per heavy atom. The van der Waals surface area contributed by atoms with Gasteiger partial charge in [0.1, 0.15) is 11.5 Å². The second kappa shape index (κ2) is 8.22. The molecule has 2 aromatic carbocycles. The summed E-state index contributed by atoms with van der Waals surface area (Å²) in [5.74, 6) is 1.64. The normalized spacial score (nSPS) is 10.2. The monoisotopic (exact) mass is 313 g/mol. The smallest absolute Gasteiger partial charge is 0.224 e. The first kappa shape index (κ1) is 16.9. The van der Waals surface area contributed by atoms with Crippen LogP contribution in [0.3, 0.4) is 0 Å². The fourth-order valence-electron chi connectivity index (χ4n) is 2.45. The van der Waals surface area contributed by atoms with E-state index in [4.69, 9.17) is 9.47 Å². The van der Waals surface area contributed by atoms with E-state index in [0.29, 0.717) is 13.0 Å². The van der Waals surface area contributed by atoms with Crippen molar-refractivity contribution < 1.29 is 14.3 Å². The molecule has 0 aliphatic heterocycles. The molecule has 122 valence electrons. The van der Waals surface area contributed by atoms with Gasteiger partial charge in [-0.1, -0.05) is 31.2 Å². The minimum absolute atomic E-state index is 0.00730. The van der Waals surface area contributed by atoms with Crippen molar-refractivity contribution >= 4 is 5.91 Å². The van der Waals surface area contributed by atoms with Crippen LogP contribution in [0, 0.1) is 0 Å². The van der Waals surface area contributed by atoms with E-state index in [9.17, 15) is 4.79 Å². The van der Waals surface area contributed by atoms with E-state index in [-0.39, 0.29) is 5.91 Å². The first-order valence-electron chi connectivity index (χ1n) is 7.71. The van der Waals surface area contributed by atoms with Crippen molar-refractivity contribution in [1.29, 1.82) is 0 Å². The molecule has 0 unspecified atom stereocenters. The van der Waals surface area contributed by atoms with Gasteiger partial charge < -0.3 is 14.8 Å². The Bertz CT molecular complexity index is 667. The van der Waals surface area contributed by atoms with Crippen LogP contribution < -0.4 is 14.8 Å². The van der Waals surface area contributed by atoms with E-state index in [1.54, 1.807) is 14.2 Å². The van der Waals surface area contributed by atoms with Crippen molar-refractivity contribution in [2.24, 2.45) is 0 Å². The van der Waals surface area contributed by atoms with Crippen molar-refractivity contribution in [3.63, 3.8) is 0 Å². The Labute approximate surface area is 137 Å². The lowest BCUT2D eigenvalue weighted by Gasteiger charge is -2.10. The van der Waals surface area contributed by atoms with Gasteiger partial charge in [-0.3, -0.25) is 4.79 Å². The van der Waals surface area contributed by atoms with Crippen LogP contribution in [-0.4, -0.2) is 20.1 Å². The zero-order valence-electron chi connectivity index (χ0n) is 13.9. The number of hydrogen-bond acceptors (Lipinski definition) is 3. The van der Waals surface area contributed by atoms with Gasteiger partial charge >= 0.3 is 0 Å². The number of aryl methyl sites for hydroxylation is 1. The molecule has 0 aliphatic carbocycles. The maximum Gasteiger partial charge on any atom is 0.224 e. The molecule has 23 heavy (non-hydrogen) atoms. The van der Waals surface area contributed by atoms with E-state index in [1.165, 1.54) is 0 Å². The lowest BCUT2D eigenvalue weighted by atomic mass is 10.1. The molecule has 0 atom stereocenters. The van der Waals surface area contributed by atoms with Crippen molar-refractivity contribution in [3.05, 3.63) is 59.2 Å². The highest BCUT2D eigenvalue weighted by Gasteiger charge is 2.06. The summed E-state index contributed by atoms with van der Waals surface area (Å²) in [6.45, 7) is 2.60. The third-order valence-electron chi connectivity index (χ3n) is 3.71. The molecule has 4 nitrogen and oxygen atoms in total. The molecule has 0 radical (unpaired) electrons. The Kier molecular flexibility index (Phi) is 6.03. The minimum atomic E-state index is -0.00730. The number of rotatable bonds is 7. The van der Waals surface area contributed by atoms with Gasteiger partial charge in [0.2, 0.25) is 5.91 Å². The van der Waals surface area contributed by atoms with Crippen LogP contribution in [-0.2, 0) is 24.2 Å². The standard InChI is InChI=1S/C19H23NO3/c1-4-16-10-15(8-9-18(16)23-3)13-20-19(21)12-14-6-5-7-17(11-14)22-2/h5-11H,4,12-13H2,1-3H3,(H,20,21). The van der Waals surface area contributed by atoms with Gasteiger partial charge in [0, 0.05) is 6.54 Å². The van der Waals surface area contributed by atoms with Gasteiger partial charge in [0.25, 0.3) is 0 Å². The Balaban J connectivity index is 1.93. The van der Waals surface area contributed by atoms with E-state index < -0.39 is 0 Å². The van der Waals surface area contributed by atoms with Crippen LogP contribution in [0.25, 0.3) is 0 Å². The minimum Gasteiger partial charge on any atom is -0.497 e. The molecule has 2 rings (SSSR count). The molecule has 0 aromatic heterocycles. The number of benzene rings is 2. The van der Waals surface area contributed by atoms with Crippen molar-refractivity contribution in [3.8, 4) is 11.5 Å². The Morgan fingerprint density at radius 1 is 1.04 bits per heavy atom. The van der Waals surface area contributed by atoms with Crippen LogP contribution in [0.5, 0.6) is 11.5 Å². The maximum absolute atomic E-state index is 12.1. The maximum atomic E-state index is 12.1. The molecular formula is C19H23NO3. The van der Waals surface area contributed by atoms with Gasteiger partial charge in [-0.05, 0) is 41.3 Å². The molecule has 0 saturated heterocycles. The molecule has 4 heteroatoms. The predicted octanol–water partition coefficient (Wildman–Crippen LogP) is 3.13. The third kappa shape index (κ3) is 4.74. The predicted molar refractivity (Wildman–Crippen MR) is 90.9 cm³/mol. The van der Waals surface area contributed by atoms with E-state index in [2.05, 4.69) is 18.3 Å². The zero-order valence-corrected chi connectivity index (χ0v) is 13.9. The number of nitrogens with one attached hydrogen (secondary N) is 1. The van der Waals surface area contributed by atoms with Gasteiger partial charge in [0.05, 0.1) is 20.6 Å². The van der Waals surface area contributed by atoms with E-state index >= 15 is 0 Å². The van der Waals surface area contributed by atoms with Crippen LogP contribution in [0.15, 0.2) is 42.5 Å². The molecule has 0 fully saturated rings. The number of methoxy groups -OCH3 is 2. The fourth-order valence-corrected chi connectivity index (χ4v) is 2.45. The molecule has 0 spiro atoms. The lowest BCUT2D eigenvalue weighted by molar-refractivity contribution is -0.120. The van der Waals surface area contributed by atoms with Crippen LogP contribution in [0.2, 0.25) is 0 Å². The van der Waals surface area contributed by atoms with E-state index in [1.807, 2.05) is 36.4 Å². The van der Waals surface area contributed by atoms with Gasteiger partial charge in [-0.25, -0.2) is 0 Å². The highest BCUT2D eigenvalue weighted by Crippen LogP contribution is 2.20.